The summed E-state index contributed by atoms with van der Waals surface area (Å²) in [5.41, 5.74) is 1.52. The predicted octanol–water partition coefficient (Wildman–Crippen LogP) is 3.70. The van der Waals surface area contributed by atoms with Crippen molar-refractivity contribution in [2.24, 2.45) is 5.41 Å². The molecule has 1 N–H and O–H groups in total. The molecular formula is C16H29N3O. The van der Waals surface area contributed by atoms with Gasteiger partial charge in [0, 0.05) is 6.04 Å². The second-order valence-electron chi connectivity index (χ2n) is 6.49. The van der Waals surface area contributed by atoms with Crippen LogP contribution in [-0.4, -0.2) is 23.4 Å². The second-order valence-corrected chi connectivity index (χ2v) is 6.49. The van der Waals surface area contributed by atoms with Crippen molar-refractivity contribution in [3.63, 3.8) is 0 Å². The molecule has 0 aromatic carbocycles. The molecule has 1 aromatic rings. The Balaban J connectivity index is 2.45. The van der Waals surface area contributed by atoms with E-state index in [-0.39, 0.29) is 0 Å². The quantitative estimate of drug-likeness (QED) is 0.863. The van der Waals surface area contributed by atoms with Gasteiger partial charge in [-0.25, -0.2) is 0 Å². The molecule has 0 aliphatic heterocycles. The van der Waals surface area contributed by atoms with Crippen LogP contribution in [0.2, 0.25) is 0 Å². The van der Waals surface area contributed by atoms with E-state index in [9.17, 15) is 0 Å². The van der Waals surface area contributed by atoms with Gasteiger partial charge in [-0.2, -0.15) is 5.10 Å². The summed E-state index contributed by atoms with van der Waals surface area (Å²) in [5.74, 6) is 0.915. The van der Waals surface area contributed by atoms with Crippen LogP contribution in [0.5, 0.6) is 5.75 Å². The number of ether oxygens (including phenoxy) is 1. The average molecular weight is 279 g/mol. The number of aromatic nitrogens is 2. The lowest BCUT2D eigenvalue weighted by Crippen LogP contribution is -2.36. The predicted molar refractivity (Wildman–Crippen MR) is 82.2 cm³/mol. The maximum absolute atomic E-state index is 5.58. The van der Waals surface area contributed by atoms with Crippen molar-refractivity contribution in [3.05, 3.63) is 11.9 Å². The molecule has 1 heterocycles. The van der Waals surface area contributed by atoms with E-state index in [1.807, 2.05) is 6.20 Å². The van der Waals surface area contributed by atoms with Gasteiger partial charge in [-0.3, -0.25) is 4.68 Å². The smallest absolute Gasteiger partial charge is 0.161 e. The maximum atomic E-state index is 5.58. The fourth-order valence-electron chi connectivity index (χ4n) is 3.55. The molecule has 0 spiro atoms. The van der Waals surface area contributed by atoms with Crippen molar-refractivity contribution in [1.29, 1.82) is 0 Å². The van der Waals surface area contributed by atoms with Crippen molar-refractivity contribution < 1.29 is 4.74 Å². The van der Waals surface area contributed by atoms with Gasteiger partial charge in [-0.1, -0.05) is 26.7 Å². The number of nitrogens with one attached hydrogen (secondary N) is 1. The number of hydrogen-bond acceptors (Lipinski definition) is 3. The van der Waals surface area contributed by atoms with E-state index in [0.29, 0.717) is 17.5 Å². The van der Waals surface area contributed by atoms with Crippen molar-refractivity contribution in [2.75, 3.05) is 13.7 Å². The van der Waals surface area contributed by atoms with Gasteiger partial charge in [0.1, 0.15) is 0 Å². The zero-order valence-electron chi connectivity index (χ0n) is 13.6. The summed E-state index contributed by atoms with van der Waals surface area (Å²) in [5, 5.41) is 8.24. The largest absolute Gasteiger partial charge is 0.493 e. The third-order valence-electron chi connectivity index (χ3n) is 4.63. The van der Waals surface area contributed by atoms with Crippen LogP contribution >= 0.6 is 0 Å². The Morgan fingerprint density at radius 1 is 1.40 bits per heavy atom. The fraction of sp³-hybridized carbons (Fsp3) is 0.812. The highest BCUT2D eigenvalue weighted by Gasteiger charge is 2.40. The maximum Gasteiger partial charge on any atom is 0.161 e. The molecule has 1 aromatic heterocycles. The van der Waals surface area contributed by atoms with Gasteiger partial charge < -0.3 is 10.1 Å². The zero-order chi connectivity index (χ0) is 14.8. The van der Waals surface area contributed by atoms with Crippen LogP contribution < -0.4 is 10.1 Å². The van der Waals surface area contributed by atoms with E-state index >= 15 is 0 Å². The average Bonchev–Trinajstić information content (AvgIpc) is 3.02. The minimum atomic E-state index is 0.302. The standard InChI is InChI=1S/C16H29N3O/c1-6-17-15(16(4)9-7-8-10-16)14-13(20-5)11-18-19(14)12(2)3/h11-12,15,17H,6-10H2,1-5H3. The Labute approximate surface area is 122 Å². The highest BCUT2D eigenvalue weighted by Crippen LogP contribution is 2.49. The number of nitrogens with zero attached hydrogens (tertiary/aromatic N) is 2. The molecule has 1 aliphatic rings. The van der Waals surface area contributed by atoms with E-state index in [0.717, 1.165) is 12.3 Å². The highest BCUT2D eigenvalue weighted by molar-refractivity contribution is 5.30. The van der Waals surface area contributed by atoms with E-state index < -0.39 is 0 Å². The van der Waals surface area contributed by atoms with Crippen LogP contribution in [-0.2, 0) is 0 Å². The molecule has 0 amide bonds. The summed E-state index contributed by atoms with van der Waals surface area (Å²) in [6.07, 6.45) is 7.07. The van der Waals surface area contributed by atoms with E-state index in [4.69, 9.17) is 4.74 Å². The van der Waals surface area contributed by atoms with Crippen LogP contribution in [0.1, 0.15) is 71.2 Å². The molecule has 4 heteroatoms. The van der Waals surface area contributed by atoms with Crippen molar-refractivity contribution >= 4 is 0 Å². The van der Waals surface area contributed by atoms with Gasteiger partial charge in [0.2, 0.25) is 0 Å². The number of methoxy groups -OCH3 is 1. The molecule has 0 radical (unpaired) electrons. The molecule has 1 atom stereocenters. The van der Waals surface area contributed by atoms with E-state index in [2.05, 4.69) is 42.8 Å². The summed E-state index contributed by atoms with van der Waals surface area (Å²) < 4.78 is 7.71. The molecular weight excluding hydrogens is 250 g/mol. The Morgan fingerprint density at radius 3 is 2.55 bits per heavy atom. The Kier molecular flexibility index (Phi) is 4.74. The van der Waals surface area contributed by atoms with Crippen LogP contribution in [0.15, 0.2) is 6.20 Å². The third kappa shape index (κ3) is 2.71. The Morgan fingerprint density at radius 2 is 2.05 bits per heavy atom. The van der Waals surface area contributed by atoms with Gasteiger partial charge in [0.15, 0.2) is 5.75 Å². The molecule has 1 saturated carbocycles. The minimum Gasteiger partial charge on any atom is -0.493 e. The summed E-state index contributed by atoms with van der Waals surface area (Å²) in [6.45, 7) is 9.90. The molecule has 0 bridgehead atoms. The lowest BCUT2D eigenvalue weighted by Gasteiger charge is -2.36. The van der Waals surface area contributed by atoms with E-state index in [1.165, 1.54) is 31.4 Å². The van der Waals surface area contributed by atoms with Gasteiger partial charge >= 0.3 is 0 Å². The van der Waals surface area contributed by atoms with Crippen LogP contribution in [0.25, 0.3) is 0 Å². The minimum absolute atomic E-state index is 0.302. The normalized spacial score (nSPS) is 19.5. The van der Waals surface area contributed by atoms with Crippen molar-refractivity contribution in [3.8, 4) is 5.75 Å². The summed E-state index contributed by atoms with van der Waals surface area (Å²) in [7, 11) is 1.74. The summed E-state index contributed by atoms with van der Waals surface area (Å²) >= 11 is 0. The first-order chi connectivity index (χ1) is 9.53. The zero-order valence-corrected chi connectivity index (χ0v) is 13.6. The SMILES string of the molecule is CCNC(c1c(OC)cnn1C(C)C)C1(C)CCCC1. The lowest BCUT2D eigenvalue weighted by atomic mass is 9.78. The van der Waals surface area contributed by atoms with Crippen LogP contribution in [0, 0.1) is 5.41 Å². The first-order valence-corrected chi connectivity index (χ1v) is 7.88. The fourth-order valence-corrected chi connectivity index (χ4v) is 3.55. The molecule has 20 heavy (non-hydrogen) atoms. The highest BCUT2D eigenvalue weighted by atomic mass is 16.5. The van der Waals surface area contributed by atoms with Crippen molar-refractivity contribution in [2.45, 2.75) is 65.5 Å². The van der Waals surface area contributed by atoms with Gasteiger partial charge in [-0.15, -0.1) is 0 Å². The molecule has 2 rings (SSSR count). The van der Waals surface area contributed by atoms with Crippen molar-refractivity contribution in [1.82, 2.24) is 15.1 Å². The Bertz CT molecular complexity index is 433. The first-order valence-electron chi connectivity index (χ1n) is 7.88. The van der Waals surface area contributed by atoms with Gasteiger partial charge in [0.25, 0.3) is 0 Å². The number of rotatable bonds is 6. The van der Waals surface area contributed by atoms with Gasteiger partial charge in [-0.05, 0) is 38.6 Å². The summed E-state index contributed by atoms with van der Waals surface area (Å²) in [4.78, 5) is 0. The van der Waals surface area contributed by atoms with E-state index in [1.54, 1.807) is 7.11 Å². The summed E-state index contributed by atoms with van der Waals surface area (Å²) in [6, 6.07) is 0.662. The van der Waals surface area contributed by atoms with Gasteiger partial charge in [0.05, 0.1) is 25.0 Å². The molecule has 1 unspecified atom stereocenters. The Hall–Kier alpha value is -1.03. The molecule has 1 fully saturated rings. The topological polar surface area (TPSA) is 39.1 Å². The van der Waals surface area contributed by atoms with Crippen LogP contribution in [0.4, 0.5) is 0 Å². The first kappa shape index (κ1) is 15.4. The van der Waals surface area contributed by atoms with Crippen LogP contribution in [0.3, 0.4) is 0 Å². The molecule has 1 aliphatic carbocycles. The third-order valence-corrected chi connectivity index (χ3v) is 4.63. The monoisotopic (exact) mass is 279 g/mol. The molecule has 4 nitrogen and oxygen atoms in total. The second kappa shape index (κ2) is 6.17. The molecule has 0 saturated heterocycles. The lowest BCUT2D eigenvalue weighted by molar-refractivity contribution is 0.208. The molecule has 114 valence electrons. The number of hydrogen-bond donors (Lipinski definition) is 1.